The summed E-state index contributed by atoms with van der Waals surface area (Å²) in [6.45, 7) is 4.18. The summed E-state index contributed by atoms with van der Waals surface area (Å²) in [7, 11) is -3.88. The van der Waals surface area contributed by atoms with Gasteiger partial charge in [0, 0.05) is 12.2 Å². The molecule has 1 aromatic rings. The van der Waals surface area contributed by atoms with Gasteiger partial charge in [0.25, 0.3) is 0 Å². The highest BCUT2D eigenvalue weighted by Gasteiger charge is 2.57. The van der Waals surface area contributed by atoms with Gasteiger partial charge in [-0.1, -0.05) is 18.2 Å². The molecule has 6 atom stereocenters. The molecule has 0 aliphatic carbocycles. The van der Waals surface area contributed by atoms with Gasteiger partial charge < -0.3 is 25.4 Å². The number of urea groups is 1. The number of carbonyl (C=O) groups excluding carboxylic acids is 3. The van der Waals surface area contributed by atoms with Crippen molar-refractivity contribution in [1.29, 1.82) is 0 Å². The minimum atomic E-state index is -3.88. The van der Waals surface area contributed by atoms with Crippen LogP contribution in [-0.4, -0.2) is 65.1 Å². The Hall–Kier alpha value is -2.63. The number of benzene rings is 1. The second-order valence-electron chi connectivity index (χ2n) is 7.91. The van der Waals surface area contributed by atoms with E-state index in [1.807, 2.05) is 0 Å². The number of nitrogens with one attached hydrogen (secondary N) is 2. The molecule has 1 saturated heterocycles. The van der Waals surface area contributed by atoms with Crippen LogP contribution in [0.15, 0.2) is 42.6 Å². The molecule has 3 rings (SSSR count). The van der Waals surface area contributed by atoms with Crippen molar-refractivity contribution in [1.82, 2.24) is 15.3 Å². The quantitative estimate of drug-likeness (QED) is 0.379. The average Bonchev–Trinajstić information content (AvgIpc) is 2.96. The van der Waals surface area contributed by atoms with Crippen LogP contribution < -0.4 is 20.7 Å². The van der Waals surface area contributed by atoms with Gasteiger partial charge in [-0.05, 0) is 39.0 Å². The maximum absolute atomic E-state index is 15.3. The van der Waals surface area contributed by atoms with Crippen molar-refractivity contribution in [2.24, 2.45) is 5.73 Å². The molecule has 2 amide bonds. The first kappa shape index (κ1) is 27.6. The molecule has 0 radical (unpaired) electrons. The Morgan fingerprint density at radius 2 is 2.00 bits per heavy atom. The largest absolute Gasteiger partial charge is 0.459 e. The van der Waals surface area contributed by atoms with Crippen LogP contribution in [0.4, 0.5) is 9.18 Å². The van der Waals surface area contributed by atoms with Crippen LogP contribution in [-0.2, 0) is 23.4 Å². The number of rotatable bonds is 8. The van der Waals surface area contributed by atoms with Crippen LogP contribution in [0.3, 0.4) is 0 Å². The van der Waals surface area contributed by atoms with Gasteiger partial charge in [0.1, 0.15) is 18.0 Å². The predicted molar refractivity (Wildman–Crippen MR) is 116 cm³/mol. The lowest BCUT2D eigenvalue weighted by molar-refractivity contribution is -0.191. The maximum Gasteiger partial charge on any atom is 0.459 e. The van der Waals surface area contributed by atoms with E-state index >= 15 is 4.39 Å². The van der Waals surface area contributed by atoms with Crippen molar-refractivity contribution in [3.8, 4) is 5.75 Å². The van der Waals surface area contributed by atoms with Crippen molar-refractivity contribution in [2.45, 2.75) is 57.1 Å². The summed E-state index contributed by atoms with van der Waals surface area (Å²) < 4.78 is 45.1. The average molecular weight is 502 g/mol. The molecule has 34 heavy (non-hydrogen) atoms. The summed E-state index contributed by atoms with van der Waals surface area (Å²) in [5, 5.41) is 15.6. The van der Waals surface area contributed by atoms with Crippen LogP contribution in [0, 0.1) is 0 Å². The number of carbonyl (C=O) groups is 1. The fourth-order valence-electron chi connectivity index (χ4n) is 3.25. The van der Waals surface area contributed by atoms with E-state index in [9.17, 15) is 14.5 Å². The topological polar surface area (TPSA) is 170 Å². The Bertz CT molecular complexity index is 942. The number of aliphatic hydroxyl groups is 1. The minimum Gasteiger partial charge on any atom is -0.413 e. The fraction of sp³-hybridized carbons (Fsp3) is 0.500. The zero-order chi connectivity index (χ0) is 25.5. The molecule has 5 N–H and O–H groups in total. The number of para-hydroxylation sites is 1. The molecule has 1 aromatic carbocycles. The Morgan fingerprint density at radius 1 is 1.38 bits per heavy atom. The molecule has 188 valence electrons. The first-order chi connectivity index (χ1) is 15.9. The first-order valence-corrected chi connectivity index (χ1v) is 11.8. The van der Waals surface area contributed by atoms with E-state index in [2.05, 4.69) is 10.4 Å². The number of nitrogens with two attached hydrogens (primary N) is 1. The smallest absolute Gasteiger partial charge is 0.413 e. The van der Waals surface area contributed by atoms with Crippen molar-refractivity contribution >= 4 is 19.9 Å². The monoisotopic (exact) mass is 502 g/mol. The van der Waals surface area contributed by atoms with E-state index in [-0.39, 0.29) is 12.2 Å². The van der Waals surface area contributed by atoms with Gasteiger partial charge in [0.2, 0.25) is 0 Å². The Kier molecular flexibility index (Phi) is 9.48. The third kappa shape index (κ3) is 6.94. The molecule has 12 nitrogen and oxygen atoms in total. The van der Waals surface area contributed by atoms with E-state index in [4.69, 9.17) is 29.1 Å². The van der Waals surface area contributed by atoms with Crippen LogP contribution in [0.5, 0.6) is 5.75 Å². The molecular formula is C20H28FN4O8P. The third-order valence-electron chi connectivity index (χ3n) is 4.74. The lowest BCUT2D eigenvalue weighted by Gasteiger charge is -2.34. The van der Waals surface area contributed by atoms with Gasteiger partial charge >= 0.3 is 19.9 Å². The van der Waals surface area contributed by atoms with Gasteiger partial charge in [0.15, 0.2) is 11.9 Å². The van der Waals surface area contributed by atoms with Crippen molar-refractivity contribution < 1.29 is 42.2 Å². The van der Waals surface area contributed by atoms with Crippen LogP contribution in [0.1, 0.15) is 20.8 Å². The van der Waals surface area contributed by atoms with Gasteiger partial charge in [-0.15, -0.1) is 0 Å². The van der Waals surface area contributed by atoms with E-state index < -0.39 is 50.7 Å². The molecule has 0 spiro atoms. The van der Waals surface area contributed by atoms with Crippen molar-refractivity contribution in [3.63, 3.8) is 0 Å². The maximum atomic E-state index is 15.3. The van der Waals surface area contributed by atoms with E-state index in [0.29, 0.717) is 5.75 Å². The van der Waals surface area contributed by atoms with Crippen LogP contribution in [0.25, 0.3) is 0 Å². The van der Waals surface area contributed by atoms with E-state index in [0.717, 1.165) is 11.8 Å². The third-order valence-corrected chi connectivity index (χ3v) is 6.51. The minimum absolute atomic E-state index is 0.250. The summed E-state index contributed by atoms with van der Waals surface area (Å²) in [6.07, 6.45) is -2.01. The van der Waals surface area contributed by atoms with Gasteiger partial charge in [-0.25, -0.2) is 18.8 Å². The molecular weight excluding hydrogens is 474 g/mol. The fourth-order valence-corrected chi connectivity index (χ4v) is 4.81. The van der Waals surface area contributed by atoms with Crippen LogP contribution >= 0.6 is 7.75 Å². The second-order valence-corrected chi connectivity index (χ2v) is 9.61. The molecule has 0 aromatic heterocycles. The zero-order valence-electron chi connectivity index (χ0n) is 18.8. The number of nitrogens with zero attached hydrogens (tertiary/aromatic N) is 1. The number of aliphatic hydroxyl groups excluding tert-OH is 1. The Balaban J connectivity index is 0.00000129. The highest BCUT2D eigenvalue weighted by Crippen LogP contribution is 2.46. The Morgan fingerprint density at radius 3 is 2.56 bits per heavy atom. The number of hydrogen-bond acceptors (Lipinski definition) is 9. The summed E-state index contributed by atoms with van der Waals surface area (Å²) in [6, 6.07) is 7.49. The molecule has 2 heterocycles. The number of halogens is 1. The Labute approximate surface area is 195 Å². The molecule has 14 heteroatoms. The standard InChI is InChI=1S/C19H28FN4O6P.CO2/c1-12(2)23-31(27,30-13-7-5-4-6-8-13)28-11-14-16(25)19(3,20)17(29-14)24-10-9-15(21)22-18(24)26;2-1-3/h4-10,12,14-17,25H,11,21H2,1-3H3,(H,22,26)(H,23,27);/t14-,15?,16-,17-,19-,31?;/m1./s1. The predicted octanol–water partition coefficient (Wildman–Crippen LogP) is 1.24. The summed E-state index contributed by atoms with van der Waals surface area (Å²) in [5.41, 5.74) is 3.28. The van der Waals surface area contributed by atoms with Gasteiger partial charge in [0.05, 0.1) is 12.8 Å². The number of amides is 2. The molecule has 0 bridgehead atoms. The second kappa shape index (κ2) is 11.7. The first-order valence-electron chi connectivity index (χ1n) is 10.2. The van der Waals surface area contributed by atoms with E-state index in [1.165, 1.54) is 12.3 Å². The SMILES string of the molecule is CC(C)NP(=O)(OC[C@H]1O[C@@H](N2C=CC(N)NC2=O)[C@](C)(F)[C@@H]1O)Oc1ccccc1.O=C=O. The van der Waals surface area contributed by atoms with Crippen LogP contribution in [0.2, 0.25) is 0 Å². The van der Waals surface area contributed by atoms with Gasteiger partial charge in [-0.3, -0.25) is 9.42 Å². The molecule has 2 aliphatic rings. The highest BCUT2D eigenvalue weighted by molar-refractivity contribution is 7.52. The highest BCUT2D eigenvalue weighted by atomic mass is 31.2. The van der Waals surface area contributed by atoms with E-state index in [1.54, 1.807) is 44.2 Å². The number of alkyl halides is 1. The number of ether oxygens (including phenoxy) is 1. The zero-order valence-corrected chi connectivity index (χ0v) is 19.7. The molecule has 2 aliphatic heterocycles. The normalized spacial score (nSPS) is 30.1. The summed E-state index contributed by atoms with van der Waals surface area (Å²) in [5.74, 6) is 0.312. The molecule has 2 unspecified atom stereocenters. The molecule has 1 fully saturated rings. The molecule has 0 saturated carbocycles. The number of hydrogen-bond donors (Lipinski definition) is 4. The summed E-state index contributed by atoms with van der Waals surface area (Å²) in [4.78, 5) is 29.4. The van der Waals surface area contributed by atoms with Crippen molar-refractivity contribution in [3.05, 3.63) is 42.6 Å². The summed E-state index contributed by atoms with van der Waals surface area (Å²) >= 11 is 0. The van der Waals surface area contributed by atoms with Gasteiger partial charge in [-0.2, -0.15) is 9.59 Å². The van der Waals surface area contributed by atoms with Crippen molar-refractivity contribution in [2.75, 3.05) is 6.61 Å². The lowest BCUT2D eigenvalue weighted by atomic mass is 9.98. The lowest BCUT2D eigenvalue weighted by Crippen LogP contribution is -2.57.